The first-order valence-electron chi connectivity index (χ1n) is 7.09. The summed E-state index contributed by atoms with van der Waals surface area (Å²) >= 11 is 1.53. The fourth-order valence-corrected chi connectivity index (χ4v) is 2.47. The van der Waals surface area contributed by atoms with Gasteiger partial charge in [-0.1, -0.05) is 25.7 Å². The second-order valence-electron chi connectivity index (χ2n) is 5.14. The minimum Gasteiger partial charge on any atom is -0.465 e. The van der Waals surface area contributed by atoms with E-state index in [4.69, 9.17) is 9.15 Å². The Morgan fingerprint density at radius 1 is 1.41 bits per heavy atom. The van der Waals surface area contributed by atoms with Gasteiger partial charge in [-0.3, -0.25) is 4.79 Å². The van der Waals surface area contributed by atoms with Crippen molar-refractivity contribution in [3.63, 3.8) is 0 Å². The summed E-state index contributed by atoms with van der Waals surface area (Å²) in [6.45, 7) is 4.31. The highest BCUT2D eigenvalue weighted by Gasteiger charge is 2.07. The van der Waals surface area contributed by atoms with Crippen LogP contribution >= 0.6 is 11.3 Å². The lowest BCUT2D eigenvalue weighted by Crippen LogP contribution is -2.06. The molecule has 0 unspecified atom stereocenters. The predicted molar refractivity (Wildman–Crippen MR) is 88.2 cm³/mol. The van der Waals surface area contributed by atoms with Crippen molar-refractivity contribution in [1.82, 2.24) is 0 Å². The van der Waals surface area contributed by atoms with Gasteiger partial charge in [0.05, 0.1) is 11.1 Å². The van der Waals surface area contributed by atoms with Crippen LogP contribution in [0.3, 0.4) is 0 Å². The molecule has 0 aromatic carbocycles. The van der Waals surface area contributed by atoms with Crippen molar-refractivity contribution in [3.8, 4) is 11.8 Å². The number of carbonyl (C=O) groups excluding carboxylic acids is 1. The van der Waals surface area contributed by atoms with Crippen LogP contribution in [0.25, 0.3) is 6.08 Å². The lowest BCUT2D eigenvalue weighted by Gasteiger charge is -2.04. The number of thiophene rings is 1. The highest BCUT2D eigenvalue weighted by Crippen LogP contribution is 2.17. The van der Waals surface area contributed by atoms with Crippen LogP contribution in [0.15, 0.2) is 41.0 Å². The van der Waals surface area contributed by atoms with Gasteiger partial charge in [-0.15, -0.1) is 11.3 Å². The van der Waals surface area contributed by atoms with E-state index in [-0.39, 0.29) is 5.97 Å². The molecule has 0 aliphatic heterocycles. The van der Waals surface area contributed by atoms with Crippen molar-refractivity contribution >= 4 is 23.4 Å². The molecule has 2 aromatic rings. The summed E-state index contributed by atoms with van der Waals surface area (Å²) in [6, 6.07) is 7.57. The average molecular weight is 314 g/mol. The van der Waals surface area contributed by atoms with Gasteiger partial charge in [0.1, 0.15) is 12.4 Å². The Balaban J connectivity index is 1.83. The third-order valence-electron chi connectivity index (χ3n) is 2.68. The molecule has 0 aliphatic rings. The van der Waals surface area contributed by atoms with Gasteiger partial charge in [-0.25, -0.2) is 0 Å². The maximum Gasteiger partial charge on any atom is 0.306 e. The molecule has 114 valence electrons. The van der Waals surface area contributed by atoms with E-state index < -0.39 is 0 Å². The summed E-state index contributed by atoms with van der Waals surface area (Å²) in [6.07, 6.45) is 5.64. The van der Waals surface area contributed by atoms with E-state index in [1.807, 2.05) is 44.2 Å². The van der Waals surface area contributed by atoms with Gasteiger partial charge in [-0.2, -0.15) is 0 Å². The lowest BCUT2D eigenvalue weighted by atomic mass is 10.1. The minimum atomic E-state index is -0.155. The van der Waals surface area contributed by atoms with E-state index in [1.165, 1.54) is 11.3 Å². The topological polar surface area (TPSA) is 39.4 Å². The van der Waals surface area contributed by atoms with Crippen molar-refractivity contribution in [3.05, 3.63) is 52.1 Å². The van der Waals surface area contributed by atoms with Gasteiger partial charge in [0.15, 0.2) is 0 Å². The number of carbonyl (C=O) groups is 1. The van der Waals surface area contributed by atoms with Crippen LogP contribution in [0, 0.1) is 17.8 Å². The molecule has 3 nitrogen and oxygen atoms in total. The van der Waals surface area contributed by atoms with Crippen LogP contribution in [0.1, 0.15) is 35.8 Å². The summed E-state index contributed by atoms with van der Waals surface area (Å²) < 4.78 is 10.4. The van der Waals surface area contributed by atoms with Gasteiger partial charge >= 0.3 is 5.97 Å². The fourth-order valence-electron chi connectivity index (χ4n) is 1.69. The Bertz CT molecular complexity index is 681. The molecule has 0 saturated carbocycles. The summed E-state index contributed by atoms with van der Waals surface area (Å²) in [5.41, 5.74) is 0. The van der Waals surface area contributed by atoms with Crippen molar-refractivity contribution < 1.29 is 13.9 Å². The Labute approximate surface area is 134 Å². The highest BCUT2D eigenvalue weighted by atomic mass is 32.1. The van der Waals surface area contributed by atoms with E-state index in [0.717, 1.165) is 15.5 Å². The third kappa shape index (κ3) is 5.63. The molecular weight excluding hydrogens is 296 g/mol. The Morgan fingerprint density at radius 2 is 2.27 bits per heavy atom. The molecule has 0 radical (unpaired) electrons. The zero-order valence-corrected chi connectivity index (χ0v) is 13.5. The maximum absolute atomic E-state index is 11.5. The number of furan rings is 1. The van der Waals surface area contributed by atoms with Crippen molar-refractivity contribution in [2.45, 2.75) is 26.9 Å². The maximum atomic E-state index is 11.5. The quantitative estimate of drug-likeness (QED) is 0.603. The molecule has 0 fully saturated rings. The molecule has 2 rings (SSSR count). The number of allylic oxidation sites excluding steroid dienone is 1. The molecule has 0 N–H and O–H groups in total. The van der Waals surface area contributed by atoms with Gasteiger partial charge in [0.25, 0.3) is 0 Å². The standard InChI is InChI=1S/C18H18O3S/c1-14(2)12-18(19)21-13-17-10-9-16(22-17)8-4-3-6-15-7-5-11-20-15/h3,5-7,9-11,14H,12-13H2,1-2H3. The highest BCUT2D eigenvalue weighted by molar-refractivity contribution is 7.12. The molecule has 0 amide bonds. The predicted octanol–water partition coefficient (Wildman–Crippen LogP) is 4.50. The largest absolute Gasteiger partial charge is 0.465 e. The SMILES string of the molecule is CC(C)CC(=O)OCc1ccc(C#CC=Cc2ccco2)s1. The lowest BCUT2D eigenvalue weighted by molar-refractivity contribution is -0.145. The van der Waals surface area contributed by atoms with E-state index in [2.05, 4.69) is 11.8 Å². The number of ether oxygens (including phenoxy) is 1. The third-order valence-corrected chi connectivity index (χ3v) is 3.66. The van der Waals surface area contributed by atoms with Crippen LogP contribution in [0.4, 0.5) is 0 Å². The Morgan fingerprint density at radius 3 is 3.00 bits per heavy atom. The second-order valence-corrected chi connectivity index (χ2v) is 6.31. The zero-order chi connectivity index (χ0) is 15.8. The summed E-state index contributed by atoms with van der Waals surface area (Å²) in [5, 5.41) is 0. The van der Waals surface area contributed by atoms with E-state index >= 15 is 0 Å². The molecular formula is C18H18O3S. The Hall–Kier alpha value is -2.25. The van der Waals surface area contributed by atoms with Crippen LogP contribution in [-0.4, -0.2) is 5.97 Å². The number of rotatable bonds is 5. The van der Waals surface area contributed by atoms with Crippen LogP contribution in [0.2, 0.25) is 0 Å². The molecule has 4 heteroatoms. The van der Waals surface area contributed by atoms with Crippen molar-refractivity contribution in [2.24, 2.45) is 5.92 Å². The Kier molecular flexibility index (Phi) is 6.05. The molecule has 0 atom stereocenters. The first kappa shape index (κ1) is 16.1. The van der Waals surface area contributed by atoms with E-state index in [1.54, 1.807) is 12.3 Å². The molecule has 22 heavy (non-hydrogen) atoms. The summed E-state index contributed by atoms with van der Waals surface area (Å²) in [5.74, 6) is 6.94. The van der Waals surface area contributed by atoms with Crippen molar-refractivity contribution in [2.75, 3.05) is 0 Å². The average Bonchev–Trinajstić information content (AvgIpc) is 3.12. The second kappa shape index (κ2) is 8.26. The smallest absolute Gasteiger partial charge is 0.306 e. The van der Waals surface area contributed by atoms with Crippen molar-refractivity contribution in [1.29, 1.82) is 0 Å². The zero-order valence-electron chi connectivity index (χ0n) is 12.7. The van der Waals surface area contributed by atoms with Gasteiger partial charge < -0.3 is 9.15 Å². The molecule has 0 aliphatic carbocycles. The molecule has 0 saturated heterocycles. The molecule has 0 bridgehead atoms. The normalized spacial score (nSPS) is 10.7. The number of esters is 1. The number of hydrogen-bond acceptors (Lipinski definition) is 4. The molecule has 2 heterocycles. The van der Waals surface area contributed by atoms with Gasteiger partial charge in [0, 0.05) is 11.3 Å². The number of hydrogen-bond donors (Lipinski definition) is 0. The first-order chi connectivity index (χ1) is 10.6. The monoisotopic (exact) mass is 314 g/mol. The van der Waals surface area contributed by atoms with Crippen LogP contribution in [0.5, 0.6) is 0 Å². The minimum absolute atomic E-state index is 0.155. The summed E-state index contributed by atoms with van der Waals surface area (Å²) in [7, 11) is 0. The van der Waals surface area contributed by atoms with Gasteiger partial charge in [-0.05, 0) is 42.3 Å². The van der Waals surface area contributed by atoms with E-state index in [0.29, 0.717) is 18.9 Å². The fraction of sp³-hybridized carbons (Fsp3) is 0.278. The molecule has 2 aromatic heterocycles. The van der Waals surface area contributed by atoms with Gasteiger partial charge in [0.2, 0.25) is 0 Å². The van der Waals surface area contributed by atoms with E-state index in [9.17, 15) is 4.79 Å². The van der Waals surface area contributed by atoms with Crippen LogP contribution < -0.4 is 0 Å². The van der Waals surface area contributed by atoms with Crippen LogP contribution in [-0.2, 0) is 16.1 Å². The first-order valence-corrected chi connectivity index (χ1v) is 7.91. The molecule has 0 spiro atoms. The summed E-state index contributed by atoms with van der Waals surface area (Å²) in [4.78, 5) is 13.4.